The minimum Gasteiger partial charge on any atom is -0.375 e. The van der Waals surface area contributed by atoms with Crippen molar-refractivity contribution in [2.24, 2.45) is 0 Å². The average Bonchev–Trinajstić information content (AvgIpc) is 2.28. The molecule has 1 aliphatic rings. The Kier molecular flexibility index (Phi) is 4.43. The summed E-state index contributed by atoms with van der Waals surface area (Å²) >= 11 is 5.67. The largest absolute Gasteiger partial charge is 0.375 e. The number of hydrogen-bond donors (Lipinski definition) is 0. The van der Waals surface area contributed by atoms with E-state index in [0.717, 1.165) is 13.6 Å². The summed E-state index contributed by atoms with van der Waals surface area (Å²) in [6, 6.07) is 5.77. The molecule has 1 amide bonds. The standard InChI is InChI=1S/C12H13BrINO2/c1-8-7-15(4-5-17-8)12(16)10-3-2-9(14)6-11(10)13/h2-3,6,8H,4-5,7H2,1H3/t8-/m1/s1. The van der Waals surface area contributed by atoms with Gasteiger partial charge in [-0.05, 0) is 63.6 Å². The van der Waals surface area contributed by atoms with Crippen molar-refractivity contribution in [1.82, 2.24) is 4.90 Å². The Labute approximate surface area is 123 Å². The number of carbonyl (C=O) groups is 1. The van der Waals surface area contributed by atoms with Gasteiger partial charge in [0.2, 0.25) is 0 Å². The van der Waals surface area contributed by atoms with Crippen LogP contribution in [0.2, 0.25) is 0 Å². The summed E-state index contributed by atoms with van der Waals surface area (Å²) in [5.74, 6) is 0.0726. The van der Waals surface area contributed by atoms with E-state index >= 15 is 0 Å². The summed E-state index contributed by atoms with van der Waals surface area (Å²) in [7, 11) is 0. The van der Waals surface area contributed by atoms with Crippen molar-refractivity contribution in [3.63, 3.8) is 0 Å². The fraction of sp³-hybridized carbons (Fsp3) is 0.417. The molecule has 0 aromatic heterocycles. The van der Waals surface area contributed by atoms with Gasteiger partial charge in [0.05, 0.1) is 18.3 Å². The molecule has 1 aromatic carbocycles. The maximum atomic E-state index is 12.3. The summed E-state index contributed by atoms with van der Waals surface area (Å²) in [4.78, 5) is 14.2. The van der Waals surface area contributed by atoms with Gasteiger partial charge in [-0.1, -0.05) is 0 Å². The lowest BCUT2D eigenvalue weighted by Gasteiger charge is -2.31. The van der Waals surface area contributed by atoms with Crippen LogP contribution in [0.5, 0.6) is 0 Å². The lowest BCUT2D eigenvalue weighted by molar-refractivity contribution is -0.0124. The Morgan fingerprint density at radius 1 is 1.59 bits per heavy atom. The molecule has 0 N–H and O–H groups in total. The van der Waals surface area contributed by atoms with Gasteiger partial charge in [0.1, 0.15) is 0 Å². The summed E-state index contributed by atoms with van der Waals surface area (Å²) in [6.07, 6.45) is 0.121. The van der Waals surface area contributed by atoms with Crippen molar-refractivity contribution in [2.45, 2.75) is 13.0 Å². The monoisotopic (exact) mass is 409 g/mol. The van der Waals surface area contributed by atoms with E-state index in [1.165, 1.54) is 0 Å². The van der Waals surface area contributed by atoms with Crippen LogP contribution in [0.3, 0.4) is 0 Å². The topological polar surface area (TPSA) is 29.5 Å². The lowest BCUT2D eigenvalue weighted by Crippen LogP contribution is -2.44. The van der Waals surface area contributed by atoms with Crippen LogP contribution in [0.25, 0.3) is 0 Å². The van der Waals surface area contributed by atoms with Gasteiger partial charge in [-0.25, -0.2) is 0 Å². The highest BCUT2D eigenvalue weighted by atomic mass is 127. The fourth-order valence-corrected chi connectivity index (χ4v) is 3.30. The number of nitrogens with zero attached hydrogens (tertiary/aromatic N) is 1. The van der Waals surface area contributed by atoms with Gasteiger partial charge in [0, 0.05) is 21.1 Å². The smallest absolute Gasteiger partial charge is 0.255 e. The van der Waals surface area contributed by atoms with E-state index < -0.39 is 0 Å². The molecular weight excluding hydrogens is 397 g/mol. The third kappa shape index (κ3) is 3.20. The molecule has 0 aliphatic carbocycles. The third-order valence-electron chi connectivity index (χ3n) is 2.69. The number of halogens is 2. The molecule has 1 saturated heterocycles. The molecule has 1 fully saturated rings. The molecule has 2 rings (SSSR count). The molecule has 1 heterocycles. The Balaban J connectivity index is 2.18. The van der Waals surface area contributed by atoms with E-state index in [9.17, 15) is 4.79 Å². The van der Waals surface area contributed by atoms with Crippen molar-refractivity contribution in [3.05, 3.63) is 31.8 Å². The van der Waals surface area contributed by atoms with Gasteiger partial charge in [0.15, 0.2) is 0 Å². The molecule has 1 aliphatic heterocycles. The predicted molar refractivity (Wildman–Crippen MR) is 78.2 cm³/mol. The van der Waals surface area contributed by atoms with Gasteiger partial charge < -0.3 is 9.64 Å². The normalized spacial score (nSPS) is 20.4. The molecule has 0 saturated carbocycles. The first-order valence-electron chi connectivity index (χ1n) is 5.44. The molecule has 3 nitrogen and oxygen atoms in total. The van der Waals surface area contributed by atoms with Crippen molar-refractivity contribution >= 4 is 44.4 Å². The second kappa shape index (κ2) is 5.67. The van der Waals surface area contributed by atoms with Gasteiger partial charge in [-0.15, -0.1) is 0 Å². The molecule has 17 heavy (non-hydrogen) atoms. The molecule has 5 heteroatoms. The highest BCUT2D eigenvalue weighted by Gasteiger charge is 2.23. The highest BCUT2D eigenvalue weighted by molar-refractivity contribution is 14.1. The van der Waals surface area contributed by atoms with Crippen LogP contribution in [-0.2, 0) is 4.74 Å². The second-order valence-corrected chi connectivity index (χ2v) is 6.16. The summed E-state index contributed by atoms with van der Waals surface area (Å²) in [5.41, 5.74) is 0.722. The molecule has 1 atom stereocenters. The summed E-state index contributed by atoms with van der Waals surface area (Å²) < 4.78 is 7.40. The number of carbonyl (C=O) groups excluding carboxylic acids is 1. The molecule has 0 spiro atoms. The molecule has 0 radical (unpaired) electrons. The predicted octanol–water partition coefficient (Wildman–Crippen LogP) is 2.91. The zero-order valence-corrected chi connectivity index (χ0v) is 13.2. The van der Waals surface area contributed by atoms with Crippen LogP contribution in [-0.4, -0.2) is 36.6 Å². The number of ether oxygens (including phenoxy) is 1. The maximum Gasteiger partial charge on any atom is 0.255 e. The average molecular weight is 410 g/mol. The van der Waals surface area contributed by atoms with E-state index in [0.29, 0.717) is 19.7 Å². The molecule has 1 aromatic rings. The van der Waals surface area contributed by atoms with E-state index in [1.54, 1.807) is 0 Å². The van der Waals surface area contributed by atoms with E-state index in [2.05, 4.69) is 38.5 Å². The van der Waals surface area contributed by atoms with Gasteiger partial charge >= 0.3 is 0 Å². The Bertz CT molecular complexity index is 439. The van der Waals surface area contributed by atoms with Gasteiger partial charge in [-0.2, -0.15) is 0 Å². The van der Waals surface area contributed by atoms with Gasteiger partial charge in [0.25, 0.3) is 5.91 Å². The van der Waals surface area contributed by atoms with Crippen LogP contribution < -0.4 is 0 Å². The van der Waals surface area contributed by atoms with Crippen LogP contribution in [0, 0.1) is 3.57 Å². The van der Waals surface area contributed by atoms with Crippen LogP contribution in [0.4, 0.5) is 0 Å². The Hall–Kier alpha value is -0.140. The first kappa shape index (κ1) is 13.3. The number of hydrogen-bond acceptors (Lipinski definition) is 2. The van der Waals surface area contributed by atoms with Crippen molar-refractivity contribution < 1.29 is 9.53 Å². The maximum absolute atomic E-state index is 12.3. The summed E-state index contributed by atoms with van der Waals surface area (Å²) in [6.45, 7) is 3.94. The van der Waals surface area contributed by atoms with Crippen molar-refractivity contribution in [2.75, 3.05) is 19.7 Å². The van der Waals surface area contributed by atoms with E-state index in [-0.39, 0.29) is 12.0 Å². The number of benzene rings is 1. The Morgan fingerprint density at radius 2 is 2.35 bits per heavy atom. The summed E-state index contributed by atoms with van der Waals surface area (Å²) in [5, 5.41) is 0. The molecule has 0 unspecified atom stereocenters. The minimum atomic E-state index is 0.0726. The molecule has 92 valence electrons. The first-order chi connectivity index (χ1) is 8.08. The number of rotatable bonds is 1. The number of amides is 1. The molecular formula is C12H13BrINO2. The SMILES string of the molecule is C[C@@H]1CN(C(=O)c2ccc(I)cc2Br)CCO1. The molecule has 0 bridgehead atoms. The van der Waals surface area contributed by atoms with Crippen LogP contribution >= 0.6 is 38.5 Å². The van der Waals surface area contributed by atoms with Gasteiger partial charge in [-0.3, -0.25) is 4.79 Å². The second-order valence-electron chi connectivity index (χ2n) is 4.06. The zero-order valence-electron chi connectivity index (χ0n) is 9.45. The van der Waals surface area contributed by atoms with Crippen LogP contribution in [0.15, 0.2) is 22.7 Å². The highest BCUT2D eigenvalue weighted by Crippen LogP contribution is 2.22. The van der Waals surface area contributed by atoms with E-state index in [1.807, 2.05) is 30.0 Å². The fourth-order valence-electron chi connectivity index (χ4n) is 1.84. The quantitative estimate of drug-likeness (QED) is 0.667. The first-order valence-corrected chi connectivity index (χ1v) is 7.31. The number of morpholine rings is 1. The van der Waals surface area contributed by atoms with Crippen molar-refractivity contribution in [3.8, 4) is 0 Å². The van der Waals surface area contributed by atoms with Crippen LogP contribution in [0.1, 0.15) is 17.3 Å². The van der Waals surface area contributed by atoms with E-state index in [4.69, 9.17) is 4.74 Å². The zero-order chi connectivity index (χ0) is 12.4. The minimum absolute atomic E-state index is 0.0726. The Morgan fingerprint density at radius 3 is 3.00 bits per heavy atom. The lowest BCUT2D eigenvalue weighted by atomic mass is 10.2. The third-order valence-corrected chi connectivity index (χ3v) is 4.02. The van der Waals surface area contributed by atoms with Crippen molar-refractivity contribution in [1.29, 1.82) is 0 Å².